The highest BCUT2D eigenvalue weighted by Gasteiger charge is 2.45. The lowest BCUT2D eigenvalue weighted by Crippen LogP contribution is -2.32. The molecule has 0 unspecified atom stereocenters. The van der Waals surface area contributed by atoms with Gasteiger partial charge in [-0.25, -0.2) is 0 Å². The van der Waals surface area contributed by atoms with Crippen molar-refractivity contribution in [1.82, 2.24) is 0 Å². The van der Waals surface area contributed by atoms with E-state index in [0.717, 1.165) is 33.1 Å². The van der Waals surface area contributed by atoms with Gasteiger partial charge >= 0.3 is 7.32 Å². The smallest absolute Gasteiger partial charge is 0.511 e. The number of hydrogen-bond donors (Lipinski definition) is 2. The van der Waals surface area contributed by atoms with Crippen molar-refractivity contribution in [1.29, 1.82) is 0 Å². The Bertz CT molecular complexity index is 2170. The summed E-state index contributed by atoms with van der Waals surface area (Å²) >= 11 is 0. The molecule has 0 aliphatic carbocycles. The highest BCUT2D eigenvalue weighted by atomic mass is 31.2. The van der Waals surface area contributed by atoms with Crippen LogP contribution in [0.3, 0.4) is 0 Å². The molecule has 0 aliphatic rings. The Kier molecular flexibility index (Phi) is 9.31. The highest BCUT2D eigenvalue weighted by molar-refractivity contribution is 7.95. The molecule has 0 bridgehead atoms. The van der Waals surface area contributed by atoms with Gasteiger partial charge in [0.05, 0.1) is 6.16 Å². The monoisotopic (exact) mass is 641 g/mol. The zero-order valence-corrected chi connectivity index (χ0v) is 27.3. The summed E-state index contributed by atoms with van der Waals surface area (Å²) in [5.41, 5.74) is 1.39. The van der Waals surface area contributed by atoms with E-state index >= 15 is 0 Å². The Balaban J connectivity index is 0.000000154. The summed E-state index contributed by atoms with van der Waals surface area (Å²) in [6, 6.07) is 66.1. The molecule has 0 radical (unpaired) electrons. The Morgan fingerprint density at radius 2 is 0.896 bits per heavy atom. The summed E-state index contributed by atoms with van der Waals surface area (Å²) in [7, 11) is -3.61. The molecule has 0 amide bonds. The standard InChI is InChI=1S/C25H22P.C18H13BO3/c1-5-13-22(14-6-1)21-26(23-15-7-2-8-16-23,24-17-9-3-10-18-24)25-19-11-4-12-20-25;20-19(21)22-17-7-3-6-12-8-9-15-10-13-4-1-2-5-14(13)11-16(15)18(12)17/h1-20H,21H2;1-11,20-21H/q+1;. The zero-order chi connectivity index (χ0) is 32.8. The SMILES string of the molecule is OB(O)Oc1cccc2ccc3cc4ccccc4cc3c12.c1ccc(C[P+](c2ccccc2)(c2ccccc2)c2ccccc2)cc1. The van der Waals surface area contributed by atoms with Crippen LogP contribution in [0, 0.1) is 0 Å². The van der Waals surface area contributed by atoms with Crippen LogP contribution in [-0.2, 0) is 6.16 Å². The molecular weight excluding hydrogens is 606 g/mol. The molecule has 0 heterocycles. The molecule has 0 spiro atoms. The van der Waals surface area contributed by atoms with E-state index in [1.165, 1.54) is 26.9 Å². The fraction of sp³-hybridized carbons (Fsp3) is 0.0233. The lowest BCUT2D eigenvalue weighted by atomic mass is 9.97. The van der Waals surface area contributed by atoms with Crippen molar-refractivity contribution in [2.45, 2.75) is 6.16 Å². The molecule has 0 aliphatic heterocycles. The molecule has 8 aromatic carbocycles. The first-order valence-electron chi connectivity index (χ1n) is 16.1. The molecule has 0 atom stereocenters. The summed E-state index contributed by atoms with van der Waals surface area (Å²) < 4.78 is 5.16. The Hall–Kier alpha value is -5.25. The minimum atomic E-state index is -1.83. The van der Waals surface area contributed by atoms with E-state index < -0.39 is 14.6 Å². The second kappa shape index (κ2) is 14.3. The number of hydrogen-bond acceptors (Lipinski definition) is 3. The van der Waals surface area contributed by atoms with Crippen molar-refractivity contribution in [3.05, 3.63) is 194 Å². The third-order valence-corrected chi connectivity index (χ3v) is 13.2. The van der Waals surface area contributed by atoms with E-state index in [2.05, 4.69) is 152 Å². The normalized spacial score (nSPS) is 11.2. The Morgan fingerprint density at radius 3 is 1.44 bits per heavy atom. The van der Waals surface area contributed by atoms with Gasteiger partial charge in [-0.3, -0.25) is 0 Å². The minimum absolute atomic E-state index is 0.466. The van der Waals surface area contributed by atoms with Crippen molar-refractivity contribution >= 4 is 62.8 Å². The summed E-state index contributed by atoms with van der Waals surface area (Å²) in [5, 5.41) is 28.9. The van der Waals surface area contributed by atoms with Gasteiger partial charge in [0, 0.05) is 5.39 Å². The van der Waals surface area contributed by atoms with Gasteiger partial charge in [0.15, 0.2) is 0 Å². The Morgan fingerprint density at radius 1 is 0.438 bits per heavy atom. The van der Waals surface area contributed by atoms with Gasteiger partial charge in [-0.1, -0.05) is 133 Å². The summed E-state index contributed by atoms with van der Waals surface area (Å²) in [6.07, 6.45) is 1.03. The Labute approximate surface area is 282 Å². The fourth-order valence-corrected chi connectivity index (χ4v) is 10.8. The largest absolute Gasteiger partial charge is 0.707 e. The van der Waals surface area contributed by atoms with Gasteiger partial charge in [-0.2, -0.15) is 0 Å². The van der Waals surface area contributed by atoms with Crippen molar-refractivity contribution in [3.63, 3.8) is 0 Å². The maximum atomic E-state index is 9.14. The number of benzene rings is 8. The predicted molar refractivity (Wildman–Crippen MR) is 205 cm³/mol. The summed E-state index contributed by atoms with van der Waals surface area (Å²) in [5.74, 6) is 0.466. The lowest BCUT2D eigenvalue weighted by Gasteiger charge is -2.27. The van der Waals surface area contributed by atoms with Crippen LogP contribution in [0.25, 0.3) is 32.3 Å². The molecule has 2 N–H and O–H groups in total. The van der Waals surface area contributed by atoms with Crippen molar-refractivity contribution in [3.8, 4) is 5.75 Å². The summed E-state index contributed by atoms with van der Waals surface area (Å²) in [6.45, 7) is 0. The van der Waals surface area contributed by atoms with Gasteiger partial charge in [0.2, 0.25) is 0 Å². The van der Waals surface area contributed by atoms with Crippen LogP contribution >= 0.6 is 7.26 Å². The molecular formula is C43H35BO3P+. The number of fused-ring (bicyclic) bond motifs is 4. The van der Waals surface area contributed by atoms with Gasteiger partial charge in [-0.05, 0) is 87.1 Å². The van der Waals surface area contributed by atoms with Crippen molar-refractivity contribution in [2.24, 2.45) is 0 Å². The maximum absolute atomic E-state index is 9.14. The van der Waals surface area contributed by atoms with E-state index in [1.54, 1.807) is 6.07 Å². The van der Waals surface area contributed by atoms with Crippen LogP contribution in [0.2, 0.25) is 0 Å². The van der Waals surface area contributed by atoms with E-state index in [0.29, 0.717) is 5.75 Å². The van der Waals surface area contributed by atoms with Crippen molar-refractivity contribution in [2.75, 3.05) is 0 Å². The topological polar surface area (TPSA) is 49.7 Å². The van der Waals surface area contributed by atoms with E-state index in [1.807, 2.05) is 30.3 Å². The second-order valence-corrected chi connectivity index (χ2v) is 15.2. The third-order valence-electron chi connectivity index (χ3n) is 8.77. The average molecular weight is 642 g/mol. The van der Waals surface area contributed by atoms with Crippen LogP contribution in [0.4, 0.5) is 0 Å². The van der Waals surface area contributed by atoms with Gasteiger partial charge in [-0.15, -0.1) is 0 Å². The van der Waals surface area contributed by atoms with E-state index in [-0.39, 0.29) is 0 Å². The molecule has 0 aromatic heterocycles. The van der Waals surface area contributed by atoms with E-state index in [9.17, 15) is 0 Å². The molecule has 232 valence electrons. The van der Waals surface area contributed by atoms with Crippen LogP contribution < -0.4 is 20.6 Å². The maximum Gasteiger partial charge on any atom is 0.707 e. The average Bonchev–Trinajstić information content (AvgIpc) is 3.14. The molecule has 0 saturated carbocycles. The van der Waals surface area contributed by atoms with Crippen molar-refractivity contribution < 1.29 is 14.7 Å². The second-order valence-electron chi connectivity index (χ2n) is 11.7. The number of rotatable bonds is 7. The molecule has 5 heteroatoms. The van der Waals surface area contributed by atoms with Crippen LogP contribution in [-0.4, -0.2) is 17.4 Å². The molecule has 8 rings (SSSR count). The van der Waals surface area contributed by atoms with Crippen LogP contribution in [0.15, 0.2) is 188 Å². The molecule has 8 aromatic rings. The predicted octanol–water partition coefficient (Wildman–Crippen LogP) is 8.68. The first kappa shape index (κ1) is 31.4. The lowest BCUT2D eigenvalue weighted by molar-refractivity contribution is 0.289. The van der Waals surface area contributed by atoms with E-state index in [4.69, 9.17) is 14.7 Å². The van der Waals surface area contributed by atoms with Gasteiger partial charge < -0.3 is 14.7 Å². The molecule has 0 saturated heterocycles. The van der Waals surface area contributed by atoms with Gasteiger partial charge in [0.25, 0.3) is 0 Å². The molecule has 0 fully saturated rings. The first-order valence-corrected chi connectivity index (χ1v) is 18.1. The van der Waals surface area contributed by atoms with Gasteiger partial charge in [0.1, 0.15) is 28.9 Å². The zero-order valence-electron chi connectivity index (χ0n) is 26.4. The quantitative estimate of drug-likeness (QED) is 0.0793. The first-order chi connectivity index (χ1) is 23.6. The molecule has 48 heavy (non-hydrogen) atoms. The minimum Gasteiger partial charge on any atom is -0.511 e. The van der Waals surface area contributed by atoms with Crippen LogP contribution in [0.5, 0.6) is 5.75 Å². The fourth-order valence-electron chi connectivity index (χ4n) is 6.60. The third kappa shape index (κ3) is 6.47. The summed E-state index contributed by atoms with van der Waals surface area (Å²) in [4.78, 5) is 0. The molecule has 3 nitrogen and oxygen atoms in total. The van der Waals surface area contributed by atoms with Crippen LogP contribution in [0.1, 0.15) is 5.56 Å². The highest BCUT2D eigenvalue weighted by Crippen LogP contribution is 2.58.